The number of fused-ring (bicyclic) bond motifs is 1. The van der Waals surface area contributed by atoms with Crippen molar-refractivity contribution in [2.45, 2.75) is 32.9 Å². The van der Waals surface area contributed by atoms with Crippen molar-refractivity contribution in [2.75, 3.05) is 5.73 Å². The Hall–Kier alpha value is -2.43. The molecule has 5 heteroatoms. The number of benzene rings is 2. The van der Waals surface area contributed by atoms with Crippen molar-refractivity contribution >= 4 is 11.4 Å². The molecule has 0 radical (unpaired) electrons. The van der Waals surface area contributed by atoms with Gasteiger partial charge in [-0.05, 0) is 43.7 Å². The van der Waals surface area contributed by atoms with Crippen molar-refractivity contribution in [3.8, 4) is 5.75 Å². The summed E-state index contributed by atoms with van der Waals surface area (Å²) in [5, 5.41) is 0. The van der Waals surface area contributed by atoms with Crippen LogP contribution in [0.5, 0.6) is 5.75 Å². The van der Waals surface area contributed by atoms with Crippen LogP contribution in [-0.2, 0) is 0 Å². The number of ether oxygens (including phenoxy) is 1. The molecule has 0 saturated carbocycles. The van der Waals surface area contributed by atoms with Crippen molar-refractivity contribution in [1.29, 1.82) is 0 Å². The quantitative estimate of drug-likeness (QED) is 0.844. The molecular weight excluding hydrogens is 298 g/mol. The van der Waals surface area contributed by atoms with E-state index in [1.54, 1.807) is 19.1 Å². The number of aryl methyl sites for hydroxylation is 1. The Kier molecular flexibility index (Phi) is 3.59. The minimum atomic E-state index is -0.816. The Morgan fingerprint density at radius 1 is 1.22 bits per heavy atom. The summed E-state index contributed by atoms with van der Waals surface area (Å²) >= 11 is 0. The van der Waals surface area contributed by atoms with Crippen LogP contribution < -0.4 is 10.5 Å². The first-order valence-corrected chi connectivity index (χ1v) is 7.48. The fraction of sp³-hybridized carbons (Fsp3) is 0.278. The summed E-state index contributed by atoms with van der Waals surface area (Å²) in [6, 6.07) is 7.21. The van der Waals surface area contributed by atoms with Crippen molar-refractivity contribution < 1.29 is 13.5 Å². The van der Waals surface area contributed by atoms with Gasteiger partial charge in [0.15, 0.2) is 5.72 Å². The van der Waals surface area contributed by atoms with Gasteiger partial charge in [-0.2, -0.15) is 0 Å². The molecule has 0 aromatic heterocycles. The largest absolute Gasteiger partial charge is 0.466 e. The average Bonchev–Trinajstić information content (AvgIpc) is 2.45. The molecule has 0 amide bonds. The monoisotopic (exact) mass is 316 g/mol. The normalized spacial score (nSPS) is 19.8. The fourth-order valence-electron chi connectivity index (χ4n) is 2.70. The summed E-state index contributed by atoms with van der Waals surface area (Å²) in [4.78, 5) is 4.62. The Morgan fingerprint density at radius 2 is 1.96 bits per heavy atom. The molecule has 0 bridgehead atoms. The third kappa shape index (κ3) is 2.67. The molecule has 0 saturated heterocycles. The number of rotatable bonds is 2. The maximum absolute atomic E-state index is 14.5. The van der Waals surface area contributed by atoms with Crippen molar-refractivity contribution in [2.24, 2.45) is 4.99 Å². The standard InChI is InChI=1S/C18H18F2N2O/c1-4-18(3)22-17(13-6-5-11(19)7-10(13)2)16-14(20)8-12(21)9-15(16)23-18/h5-9H,4,21H2,1-3H3. The summed E-state index contributed by atoms with van der Waals surface area (Å²) in [6.45, 7) is 5.54. The Balaban J connectivity index is 2.29. The van der Waals surface area contributed by atoms with Crippen LogP contribution in [0.25, 0.3) is 0 Å². The second kappa shape index (κ2) is 5.33. The van der Waals surface area contributed by atoms with E-state index < -0.39 is 11.5 Å². The van der Waals surface area contributed by atoms with Gasteiger partial charge in [0, 0.05) is 23.7 Å². The number of hydrogen-bond acceptors (Lipinski definition) is 3. The molecule has 3 nitrogen and oxygen atoms in total. The Labute approximate surface area is 133 Å². The molecule has 0 spiro atoms. The molecule has 2 aromatic carbocycles. The number of halogens is 2. The predicted molar refractivity (Wildman–Crippen MR) is 86.9 cm³/mol. The van der Waals surface area contributed by atoms with Gasteiger partial charge in [-0.25, -0.2) is 13.8 Å². The van der Waals surface area contributed by atoms with Gasteiger partial charge in [-0.3, -0.25) is 0 Å². The molecule has 0 aliphatic carbocycles. The third-order valence-electron chi connectivity index (χ3n) is 4.09. The number of nitrogen functional groups attached to an aromatic ring is 1. The first kappa shape index (κ1) is 15.5. The Morgan fingerprint density at radius 3 is 2.61 bits per heavy atom. The average molecular weight is 316 g/mol. The van der Waals surface area contributed by atoms with E-state index in [1.807, 2.05) is 13.8 Å². The molecule has 1 atom stereocenters. The van der Waals surface area contributed by atoms with Gasteiger partial charge >= 0.3 is 0 Å². The molecule has 1 heterocycles. The lowest BCUT2D eigenvalue weighted by Gasteiger charge is -2.33. The summed E-state index contributed by atoms with van der Waals surface area (Å²) in [6.07, 6.45) is 0.604. The van der Waals surface area contributed by atoms with E-state index in [1.165, 1.54) is 18.2 Å². The molecule has 1 aliphatic rings. The van der Waals surface area contributed by atoms with Gasteiger partial charge in [0.1, 0.15) is 17.4 Å². The van der Waals surface area contributed by atoms with Gasteiger partial charge in [0.2, 0.25) is 0 Å². The zero-order valence-corrected chi connectivity index (χ0v) is 13.3. The molecule has 23 heavy (non-hydrogen) atoms. The first-order chi connectivity index (χ1) is 10.8. The van der Waals surface area contributed by atoms with Crippen LogP contribution in [0.3, 0.4) is 0 Å². The highest BCUT2D eigenvalue weighted by Crippen LogP contribution is 2.37. The summed E-state index contributed by atoms with van der Waals surface area (Å²) in [7, 11) is 0. The summed E-state index contributed by atoms with van der Waals surface area (Å²) < 4.78 is 33.8. The number of anilines is 1. The van der Waals surface area contributed by atoms with Crippen LogP contribution in [0.2, 0.25) is 0 Å². The van der Waals surface area contributed by atoms with Crippen molar-refractivity contribution in [3.05, 3.63) is 58.7 Å². The minimum Gasteiger partial charge on any atom is -0.466 e. The predicted octanol–water partition coefficient (Wildman–Crippen LogP) is 4.21. The van der Waals surface area contributed by atoms with E-state index in [4.69, 9.17) is 10.5 Å². The first-order valence-electron chi connectivity index (χ1n) is 7.48. The van der Waals surface area contributed by atoms with Crippen LogP contribution in [0.1, 0.15) is 37.0 Å². The second-order valence-corrected chi connectivity index (χ2v) is 5.93. The minimum absolute atomic E-state index is 0.264. The molecule has 2 aromatic rings. The highest BCUT2D eigenvalue weighted by molar-refractivity contribution is 6.16. The van der Waals surface area contributed by atoms with Crippen LogP contribution in [0.4, 0.5) is 14.5 Å². The summed E-state index contributed by atoms with van der Waals surface area (Å²) in [5.41, 5.74) is 7.30. The smallest absolute Gasteiger partial charge is 0.197 e. The van der Waals surface area contributed by atoms with E-state index >= 15 is 0 Å². The Bertz CT molecular complexity index is 817. The van der Waals surface area contributed by atoms with Gasteiger partial charge in [-0.1, -0.05) is 6.92 Å². The fourth-order valence-corrected chi connectivity index (χ4v) is 2.70. The zero-order valence-electron chi connectivity index (χ0n) is 13.3. The van der Waals surface area contributed by atoms with E-state index in [-0.39, 0.29) is 17.1 Å². The lowest BCUT2D eigenvalue weighted by molar-refractivity contribution is 0.0897. The molecule has 1 aliphatic heterocycles. The van der Waals surface area contributed by atoms with E-state index in [0.717, 1.165) is 0 Å². The number of nitrogens with two attached hydrogens (primary N) is 1. The SMILES string of the molecule is CCC1(C)N=C(c2ccc(F)cc2C)c2c(F)cc(N)cc2O1. The highest BCUT2D eigenvalue weighted by atomic mass is 19.1. The van der Waals surface area contributed by atoms with Crippen LogP contribution in [-0.4, -0.2) is 11.4 Å². The third-order valence-corrected chi connectivity index (χ3v) is 4.09. The van der Waals surface area contributed by atoms with E-state index in [0.29, 0.717) is 29.0 Å². The molecule has 3 rings (SSSR count). The maximum atomic E-state index is 14.5. The molecule has 1 unspecified atom stereocenters. The summed E-state index contributed by atoms with van der Waals surface area (Å²) in [5.74, 6) is -0.476. The zero-order chi connectivity index (χ0) is 16.8. The van der Waals surface area contributed by atoms with Gasteiger partial charge in [0.25, 0.3) is 0 Å². The molecule has 0 fully saturated rings. The second-order valence-electron chi connectivity index (χ2n) is 5.93. The van der Waals surface area contributed by atoms with Crippen molar-refractivity contribution in [3.63, 3.8) is 0 Å². The van der Waals surface area contributed by atoms with Crippen LogP contribution in [0, 0.1) is 18.6 Å². The van der Waals surface area contributed by atoms with E-state index in [9.17, 15) is 8.78 Å². The lowest BCUT2D eigenvalue weighted by atomic mass is 9.94. The van der Waals surface area contributed by atoms with Gasteiger partial charge in [-0.15, -0.1) is 0 Å². The lowest BCUT2D eigenvalue weighted by Crippen LogP contribution is -2.35. The van der Waals surface area contributed by atoms with Crippen LogP contribution >= 0.6 is 0 Å². The molecule has 2 N–H and O–H groups in total. The number of hydrogen-bond donors (Lipinski definition) is 1. The maximum Gasteiger partial charge on any atom is 0.197 e. The topological polar surface area (TPSA) is 47.6 Å². The number of nitrogens with zero attached hydrogens (tertiary/aromatic N) is 1. The van der Waals surface area contributed by atoms with Gasteiger partial charge in [0.05, 0.1) is 11.3 Å². The highest BCUT2D eigenvalue weighted by Gasteiger charge is 2.34. The van der Waals surface area contributed by atoms with Gasteiger partial charge < -0.3 is 10.5 Å². The van der Waals surface area contributed by atoms with E-state index in [2.05, 4.69) is 4.99 Å². The number of aliphatic imine (C=N–C) groups is 1. The molecule has 120 valence electrons. The van der Waals surface area contributed by atoms with Crippen molar-refractivity contribution in [1.82, 2.24) is 0 Å². The molecular formula is C18H18F2N2O. The van der Waals surface area contributed by atoms with Crippen LogP contribution in [0.15, 0.2) is 35.3 Å².